The fourth-order valence-corrected chi connectivity index (χ4v) is 4.87. The second kappa shape index (κ2) is 9.75. The summed E-state index contributed by atoms with van der Waals surface area (Å²) in [5.74, 6) is 1.89. The number of H-pyrrole nitrogens is 1. The van der Waals surface area contributed by atoms with E-state index in [0.717, 1.165) is 47.3 Å². The first kappa shape index (κ1) is 22.3. The lowest BCUT2D eigenvalue weighted by Crippen LogP contribution is -2.30. The highest BCUT2D eigenvalue weighted by atomic mass is 16.2. The first-order valence-corrected chi connectivity index (χ1v) is 12.2. The van der Waals surface area contributed by atoms with E-state index in [1.54, 1.807) is 4.68 Å². The molecule has 0 radical (unpaired) electrons. The number of hydrogen-bond donors (Lipinski definition) is 1. The quantitative estimate of drug-likeness (QED) is 0.436. The lowest BCUT2D eigenvalue weighted by Gasteiger charge is -2.20. The summed E-state index contributed by atoms with van der Waals surface area (Å²) in [6.07, 6.45) is 6.50. The van der Waals surface area contributed by atoms with E-state index in [9.17, 15) is 4.79 Å². The number of nitrogens with one attached hydrogen (secondary N) is 1. The van der Waals surface area contributed by atoms with E-state index in [0.29, 0.717) is 18.3 Å². The maximum Gasteiger partial charge on any atom is 0.346 e. The van der Waals surface area contributed by atoms with Crippen molar-refractivity contribution in [3.63, 3.8) is 0 Å². The number of hydrogen-bond acceptors (Lipinski definition) is 5. The van der Waals surface area contributed by atoms with Crippen molar-refractivity contribution in [2.45, 2.75) is 65.0 Å². The number of benzene rings is 2. The molecule has 34 heavy (non-hydrogen) atoms. The molecule has 0 bridgehead atoms. The van der Waals surface area contributed by atoms with E-state index in [2.05, 4.69) is 64.8 Å². The molecule has 2 aromatic heterocycles. The molecule has 2 aromatic carbocycles. The van der Waals surface area contributed by atoms with Gasteiger partial charge in [-0.05, 0) is 40.7 Å². The van der Waals surface area contributed by atoms with Crippen LogP contribution in [-0.4, -0.2) is 35.0 Å². The van der Waals surface area contributed by atoms with Crippen LogP contribution in [0.25, 0.3) is 22.5 Å². The number of tetrazole rings is 1. The predicted molar refractivity (Wildman–Crippen MR) is 131 cm³/mol. The van der Waals surface area contributed by atoms with Crippen LogP contribution in [0, 0.1) is 5.92 Å². The molecule has 2 heterocycles. The van der Waals surface area contributed by atoms with Crippen LogP contribution < -0.4 is 5.69 Å². The summed E-state index contributed by atoms with van der Waals surface area (Å²) in [5.41, 5.74) is 4.13. The molecule has 8 nitrogen and oxygen atoms in total. The van der Waals surface area contributed by atoms with Gasteiger partial charge in [-0.3, -0.25) is 4.57 Å². The number of nitrogens with zero attached hydrogens (tertiary/aromatic N) is 6. The summed E-state index contributed by atoms with van der Waals surface area (Å²) < 4.78 is 3.64. The summed E-state index contributed by atoms with van der Waals surface area (Å²) in [5, 5.41) is 19.3. The van der Waals surface area contributed by atoms with Crippen LogP contribution in [-0.2, 0) is 13.0 Å². The Morgan fingerprint density at radius 3 is 2.41 bits per heavy atom. The van der Waals surface area contributed by atoms with Crippen LogP contribution in [0.1, 0.15) is 63.4 Å². The summed E-state index contributed by atoms with van der Waals surface area (Å²) in [6, 6.07) is 16.6. The van der Waals surface area contributed by atoms with Crippen molar-refractivity contribution >= 4 is 0 Å². The molecule has 1 N–H and O–H groups in total. The summed E-state index contributed by atoms with van der Waals surface area (Å²) in [4.78, 5) is 13.4. The minimum Gasteiger partial charge on any atom is -0.274 e. The molecular weight excluding hydrogens is 426 g/mol. The van der Waals surface area contributed by atoms with Crippen molar-refractivity contribution in [1.29, 1.82) is 0 Å². The van der Waals surface area contributed by atoms with Crippen molar-refractivity contribution in [2.75, 3.05) is 0 Å². The molecule has 1 aliphatic carbocycles. The van der Waals surface area contributed by atoms with Gasteiger partial charge < -0.3 is 0 Å². The predicted octanol–water partition coefficient (Wildman–Crippen LogP) is 4.64. The SMILES string of the molecule is CC(C)Cc1nn(C2CCCCC2)c(=O)n1Cc1ccc(-c2ccccc2-c2nn[nH]n2)cc1. The second-order valence-electron chi connectivity index (χ2n) is 9.60. The van der Waals surface area contributed by atoms with Gasteiger partial charge >= 0.3 is 5.69 Å². The zero-order chi connectivity index (χ0) is 23.5. The highest BCUT2D eigenvalue weighted by Gasteiger charge is 2.23. The summed E-state index contributed by atoms with van der Waals surface area (Å²) >= 11 is 0. The van der Waals surface area contributed by atoms with Gasteiger partial charge in [0.1, 0.15) is 5.82 Å². The zero-order valence-electron chi connectivity index (χ0n) is 19.8. The van der Waals surface area contributed by atoms with E-state index in [1.165, 1.54) is 19.3 Å². The van der Waals surface area contributed by atoms with Crippen molar-refractivity contribution in [3.8, 4) is 22.5 Å². The Morgan fingerprint density at radius 1 is 1.00 bits per heavy atom. The van der Waals surface area contributed by atoms with Crippen LogP contribution in [0.3, 0.4) is 0 Å². The lowest BCUT2D eigenvalue weighted by atomic mass is 9.96. The third-order valence-electron chi connectivity index (χ3n) is 6.59. The molecule has 0 spiro atoms. The topological polar surface area (TPSA) is 94.3 Å². The molecule has 0 aliphatic heterocycles. The van der Waals surface area contributed by atoms with Gasteiger partial charge in [0.2, 0.25) is 5.82 Å². The molecule has 0 atom stereocenters. The Kier molecular flexibility index (Phi) is 6.38. The van der Waals surface area contributed by atoms with E-state index < -0.39 is 0 Å². The van der Waals surface area contributed by atoms with Crippen molar-refractivity contribution in [3.05, 3.63) is 70.4 Å². The third-order valence-corrected chi connectivity index (χ3v) is 6.59. The minimum absolute atomic E-state index is 0.0223. The average Bonchev–Trinajstić information content (AvgIpc) is 3.50. The number of aromatic amines is 1. The standard InChI is InChI=1S/C26H31N7O/c1-18(2)16-24-29-33(21-8-4-3-5-9-21)26(34)32(24)17-19-12-14-20(15-13-19)22-10-6-7-11-23(22)25-27-30-31-28-25/h6-7,10-15,18,21H,3-5,8-9,16-17H2,1-2H3,(H,27,28,30,31). The van der Waals surface area contributed by atoms with Crippen molar-refractivity contribution in [1.82, 2.24) is 35.0 Å². The largest absolute Gasteiger partial charge is 0.346 e. The Bertz CT molecular complexity index is 1280. The van der Waals surface area contributed by atoms with Gasteiger partial charge in [0, 0.05) is 12.0 Å². The first-order chi connectivity index (χ1) is 16.6. The monoisotopic (exact) mass is 457 g/mol. The van der Waals surface area contributed by atoms with E-state index in [4.69, 9.17) is 5.10 Å². The maximum absolute atomic E-state index is 13.4. The van der Waals surface area contributed by atoms with E-state index in [1.807, 2.05) is 22.8 Å². The molecule has 8 heteroatoms. The number of rotatable bonds is 7. The molecule has 1 saturated carbocycles. The fraction of sp³-hybridized carbons (Fsp3) is 0.423. The molecule has 1 aliphatic rings. The highest BCUT2D eigenvalue weighted by molar-refractivity contribution is 5.80. The minimum atomic E-state index is 0.0223. The Morgan fingerprint density at radius 2 is 1.74 bits per heavy atom. The van der Waals surface area contributed by atoms with Crippen LogP contribution in [0.15, 0.2) is 53.3 Å². The molecule has 0 unspecified atom stereocenters. The number of aromatic nitrogens is 7. The Hall–Kier alpha value is -3.55. The molecule has 5 rings (SSSR count). The van der Waals surface area contributed by atoms with Gasteiger partial charge in [0.25, 0.3) is 0 Å². The van der Waals surface area contributed by atoms with Gasteiger partial charge in [-0.1, -0.05) is 81.6 Å². The van der Waals surface area contributed by atoms with Crippen LogP contribution in [0.4, 0.5) is 0 Å². The first-order valence-electron chi connectivity index (χ1n) is 12.2. The van der Waals surface area contributed by atoms with Crippen LogP contribution in [0.5, 0.6) is 0 Å². The zero-order valence-corrected chi connectivity index (χ0v) is 19.8. The van der Waals surface area contributed by atoms with E-state index >= 15 is 0 Å². The van der Waals surface area contributed by atoms with E-state index in [-0.39, 0.29) is 11.7 Å². The fourth-order valence-electron chi connectivity index (χ4n) is 4.87. The van der Waals surface area contributed by atoms with Crippen LogP contribution in [0.2, 0.25) is 0 Å². The maximum atomic E-state index is 13.4. The second-order valence-corrected chi connectivity index (χ2v) is 9.60. The Labute approximate surface area is 199 Å². The highest BCUT2D eigenvalue weighted by Crippen LogP contribution is 2.30. The molecule has 4 aromatic rings. The smallest absolute Gasteiger partial charge is 0.274 e. The average molecular weight is 458 g/mol. The van der Waals surface area contributed by atoms with Crippen molar-refractivity contribution in [2.24, 2.45) is 5.92 Å². The van der Waals surface area contributed by atoms with Gasteiger partial charge in [-0.25, -0.2) is 9.48 Å². The Balaban J connectivity index is 1.43. The summed E-state index contributed by atoms with van der Waals surface area (Å²) in [7, 11) is 0. The van der Waals surface area contributed by atoms with Gasteiger partial charge in [0.15, 0.2) is 0 Å². The molecule has 0 amide bonds. The summed E-state index contributed by atoms with van der Waals surface area (Å²) in [6.45, 7) is 4.87. The lowest BCUT2D eigenvalue weighted by molar-refractivity contribution is 0.319. The molecule has 1 fully saturated rings. The van der Waals surface area contributed by atoms with Gasteiger partial charge in [0.05, 0.1) is 12.6 Å². The molecule has 176 valence electrons. The molecule has 0 saturated heterocycles. The normalized spacial score (nSPS) is 14.7. The molecular formula is C26H31N7O. The van der Waals surface area contributed by atoms with Gasteiger partial charge in [-0.2, -0.15) is 10.3 Å². The van der Waals surface area contributed by atoms with Crippen LogP contribution >= 0.6 is 0 Å². The van der Waals surface area contributed by atoms with Crippen molar-refractivity contribution < 1.29 is 0 Å². The third kappa shape index (κ3) is 4.58. The van der Waals surface area contributed by atoms with Gasteiger partial charge in [-0.15, -0.1) is 10.2 Å².